The Hall–Kier alpha value is -2.49. The van der Waals surface area contributed by atoms with E-state index in [2.05, 4.69) is 16.8 Å². The predicted octanol–water partition coefficient (Wildman–Crippen LogP) is 1.25. The van der Waals surface area contributed by atoms with Gasteiger partial charge in [0.25, 0.3) is 0 Å². The summed E-state index contributed by atoms with van der Waals surface area (Å²) in [6.45, 7) is 12.1. The molecule has 4 rings (SSSR count). The maximum Gasteiger partial charge on any atom is 0.249 e. The second kappa shape index (κ2) is 9.87. The third kappa shape index (κ3) is 4.94. The molecule has 0 unspecified atom stereocenters. The molecule has 3 aliphatic heterocycles. The van der Waals surface area contributed by atoms with Gasteiger partial charge < -0.3 is 29.9 Å². The van der Waals surface area contributed by atoms with Crippen molar-refractivity contribution in [2.75, 3.05) is 57.9 Å². The first-order valence-corrected chi connectivity index (χ1v) is 12.5. The zero-order valence-electron chi connectivity index (χ0n) is 21.5. The molecule has 1 aromatic carbocycles. The Kier molecular flexibility index (Phi) is 7.22. The number of carbonyl (C=O) groups excluding carboxylic acids is 3. The monoisotopic (exact) mass is 486 g/mol. The molecule has 9 nitrogen and oxygen atoms in total. The average Bonchev–Trinajstić information content (AvgIpc) is 3.34. The molecule has 3 saturated heterocycles. The van der Waals surface area contributed by atoms with Crippen LogP contribution in [0.15, 0.2) is 18.2 Å². The Labute approximate surface area is 207 Å². The van der Waals surface area contributed by atoms with Crippen LogP contribution in [0.2, 0.25) is 0 Å². The van der Waals surface area contributed by atoms with Gasteiger partial charge in [0.15, 0.2) is 5.78 Å². The Balaban J connectivity index is 1.74. The summed E-state index contributed by atoms with van der Waals surface area (Å²) < 4.78 is 11.6. The summed E-state index contributed by atoms with van der Waals surface area (Å²) in [5.41, 5.74) is 7.15. The molecule has 0 aromatic heterocycles. The van der Waals surface area contributed by atoms with Crippen molar-refractivity contribution in [2.24, 2.45) is 11.1 Å². The van der Waals surface area contributed by atoms with Crippen molar-refractivity contribution in [3.8, 4) is 0 Å². The number of rotatable bonds is 6. The molecule has 9 heteroatoms. The number of likely N-dealkylation sites (tertiary alicyclic amines) is 1. The van der Waals surface area contributed by atoms with Crippen LogP contribution in [-0.4, -0.2) is 98.6 Å². The first kappa shape index (κ1) is 25.6. The normalized spacial score (nSPS) is 26.2. The molecule has 1 aromatic rings. The van der Waals surface area contributed by atoms with Crippen LogP contribution >= 0.6 is 0 Å². The van der Waals surface area contributed by atoms with Crippen LogP contribution in [0.25, 0.3) is 0 Å². The van der Waals surface area contributed by atoms with Crippen LogP contribution in [0.4, 0.5) is 5.69 Å². The molecule has 2 N–H and O–H groups in total. The molecule has 35 heavy (non-hydrogen) atoms. The molecule has 0 aliphatic carbocycles. The smallest absolute Gasteiger partial charge is 0.249 e. The number of fused-ring (bicyclic) bond motifs is 1. The molecule has 192 valence electrons. The molecule has 3 aliphatic rings. The first-order valence-electron chi connectivity index (χ1n) is 12.5. The number of nitrogens with two attached hydrogens (primary N) is 1. The van der Waals surface area contributed by atoms with Crippen LogP contribution in [0.1, 0.15) is 49.5 Å². The molecule has 0 radical (unpaired) electrons. The van der Waals surface area contributed by atoms with E-state index in [1.807, 2.05) is 39.8 Å². The number of anilines is 1. The lowest BCUT2D eigenvalue weighted by molar-refractivity contribution is -0.140. The standard InChI is InChI=1S/C26H38N4O5/c1-6-34-20-14-30(22-19(31)15-35-23(20)22)25(33)21(26(2,3)4)18-13-16(7-8-17(18)24(27)32)29-11-9-28(5)10-12-29/h7-8,13,20-23H,6,9-12,14-15H2,1-5H3,(H2,27,32)/t20-,21-,22+,23+/m0/s1. The number of nitrogens with zero attached hydrogens (tertiary/aromatic N) is 3. The molecule has 4 atom stereocenters. The number of hydrogen-bond acceptors (Lipinski definition) is 7. The first-order chi connectivity index (χ1) is 16.5. The van der Waals surface area contributed by atoms with Crippen molar-refractivity contribution >= 4 is 23.3 Å². The second-order valence-corrected chi connectivity index (χ2v) is 10.9. The van der Waals surface area contributed by atoms with E-state index in [-0.39, 0.29) is 30.9 Å². The van der Waals surface area contributed by atoms with Crippen molar-refractivity contribution in [1.29, 1.82) is 0 Å². The van der Waals surface area contributed by atoms with Crippen LogP contribution in [0.3, 0.4) is 0 Å². The molecule has 2 amide bonds. The zero-order chi connectivity index (χ0) is 25.5. The molecule has 0 spiro atoms. The number of Topliss-reactive ketones (excluding diaryl/α,β-unsaturated/α-hetero) is 1. The number of ketones is 1. The SMILES string of the molecule is CCO[C@H]1CN(C(=O)[C@H](c2cc(N3CCN(C)CC3)ccc2C(N)=O)C(C)(C)C)[C@@H]2C(=O)CO[C@H]12. The van der Waals surface area contributed by atoms with Gasteiger partial charge in [-0.3, -0.25) is 14.4 Å². The van der Waals surface area contributed by atoms with E-state index in [4.69, 9.17) is 15.2 Å². The molecular formula is C26H38N4O5. The quantitative estimate of drug-likeness (QED) is 0.645. The van der Waals surface area contributed by atoms with Gasteiger partial charge in [-0.05, 0) is 43.1 Å². The van der Waals surface area contributed by atoms with Gasteiger partial charge >= 0.3 is 0 Å². The van der Waals surface area contributed by atoms with E-state index < -0.39 is 29.4 Å². The fourth-order valence-electron chi connectivity index (χ4n) is 5.61. The minimum atomic E-state index is -0.674. The Morgan fingerprint density at radius 3 is 2.49 bits per heavy atom. The molecule has 0 bridgehead atoms. The summed E-state index contributed by atoms with van der Waals surface area (Å²) in [5, 5.41) is 0. The summed E-state index contributed by atoms with van der Waals surface area (Å²) in [6.07, 6.45) is -0.812. The largest absolute Gasteiger partial charge is 0.374 e. The summed E-state index contributed by atoms with van der Waals surface area (Å²) in [6, 6.07) is 4.92. The number of piperazine rings is 1. The number of benzene rings is 1. The molecule has 0 saturated carbocycles. The van der Waals surface area contributed by atoms with Gasteiger partial charge in [0.2, 0.25) is 11.8 Å². The van der Waals surface area contributed by atoms with Crippen molar-refractivity contribution in [1.82, 2.24) is 9.80 Å². The summed E-state index contributed by atoms with van der Waals surface area (Å²) in [7, 11) is 2.10. The highest BCUT2D eigenvalue weighted by Gasteiger charge is 2.54. The van der Waals surface area contributed by atoms with Gasteiger partial charge in [0.05, 0.1) is 12.5 Å². The maximum absolute atomic E-state index is 14.2. The van der Waals surface area contributed by atoms with E-state index in [1.165, 1.54) is 0 Å². The van der Waals surface area contributed by atoms with Gasteiger partial charge in [-0.1, -0.05) is 20.8 Å². The number of ether oxygens (including phenoxy) is 2. The highest BCUT2D eigenvalue weighted by molar-refractivity contribution is 5.99. The number of primary amides is 1. The summed E-state index contributed by atoms with van der Waals surface area (Å²) in [4.78, 5) is 45.6. The highest BCUT2D eigenvalue weighted by atomic mass is 16.6. The van der Waals surface area contributed by atoms with E-state index in [9.17, 15) is 14.4 Å². The van der Waals surface area contributed by atoms with E-state index in [0.29, 0.717) is 17.7 Å². The average molecular weight is 487 g/mol. The summed E-state index contributed by atoms with van der Waals surface area (Å²) in [5.74, 6) is -1.56. The lowest BCUT2D eigenvalue weighted by atomic mass is 9.73. The van der Waals surface area contributed by atoms with Gasteiger partial charge in [0.1, 0.15) is 24.9 Å². The maximum atomic E-state index is 14.2. The number of carbonyl (C=O) groups is 3. The predicted molar refractivity (Wildman–Crippen MR) is 133 cm³/mol. The number of likely N-dealkylation sites (N-methyl/N-ethyl adjacent to an activating group) is 1. The second-order valence-electron chi connectivity index (χ2n) is 10.9. The van der Waals surface area contributed by atoms with E-state index in [1.54, 1.807) is 11.0 Å². The molecular weight excluding hydrogens is 448 g/mol. The third-order valence-corrected chi connectivity index (χ3v) is 7.39. The Bertz CT molecular complexity index is 982. The van der Waals surface area contributed by atoms with Crippen LogP contribution < -0.4 is 10.6 Å². The van der Waals surface area contributed by atoms with Crippen LogP contribution in [-0.2, 0) is 19.1 Å². The summed E-state index contributed by atoms with van der Waals surface area (Å²) >= 11 is 0. The fraction of sp³-hybridized carbons (Fsp3) is 0.654. The van der Waals surface area contributed by atoms with E-state index >= 15 is 0 Å². The van der Waals surface area contributed by atoms with Crippen molar-refractivity contribution in [3.63, 3.8) is 0 Å². The molecule has 3 heterocycles. The number of hydrogen-bond donors (Lipinski definition) is 1. The topological polar surface area (TPSA) is 105 Å². The van der Waals surface area contributed by atoms with Gasteiger partial charge in [0, 0.05) is 44.0 Å². The number of amides is 2. The Morgan fingerprint density at radius 2 is 1.89 bits per heavy atom. The minimum absolute atomic E-state index is 0.0195. The lowest BCUT2D eigenvalue weighted by Crippen LogP contribution is -2.47. The van der Waals surface area contributed by atoms with Gasteiger partial charge in [-0.25, -0.2) is 0 Å². The third-order valence-electron chi connectivity index (χ3n) is 7.39. The lowest BCUT2D eigenvalue weighted by Gasteiger charge is -2.37. The van der Waals surface area contributed by atoms with Crippen molar-refractivity contribution in [3.05, 3.63) is 29.3 Å². The zero-order valence-corrected chi connectivity index (χ0v) is 21.5. The van der Waals surface area contributed by atoms with Crippen LogP contribution in [0.5, 0.6) is 0 Å². The Morgan fingerprint density at radius 1 is 1.20 bits per heavy atom. The van der Waals surface area contributed by atoms with E-state index in [0.717, 1.165) is 31.9 Å². The fourth-order valence-corrected chi connectivity index (χ4v) is 5.61. The van der Waals surface area contributed by atoms with Gasteiger partial charge in [-0.2, -0.15) is 0 Å². The van der Waals surface area contributed by atoms with Crippen molar-refractivity contribution in [2.45, 2.75) is 51.9 Å². The van der Waals surface area contributed by atoms with Gasteiger partial charge in [-0.15, -0.1) is 0 Å². The van der Waals surface area contributed by atoms with Crippen LogP contribution in [0, 0.1) is 5.41 Å². The van der Waals surface area contributed by atoms with Crippen molar-refractivity contribution < 1.29 is 23.9 Å². The highest BCUT2D eigenvalue weighted by Crippen LogP contribution is 2.42. The minimum Gasteiger partial charge on any atom is -0.374 e. The molecule has 3 fully saturated rings.